The largest absolute Gasteiger partial charge is 0.329 e. The Morgan fingerprint density at radius 2 is 2.26 bits per heavy atom. The molecule has 1 aromatic heterocycles. The average Bonchev–Trinajstić information content (AvgIpc) is 2.78. The molecule has 19 heavy (non-hydrogen) atoms. The molecule has 0 bridgehead atoms. The van der Waals surface area contributed by atoms with Gasteiger partial charge >= 0.3 is 0 Å². The number of hydrogen-bond donors (Lipinski definition) is 1. The highest BCUT2D eigenvalue weighted by molar-refractivity contribution is 7.99. The van der Waals surface area contributed by atoms with Crippen molar-refractivity contribution in [1.29, 1.82) is 0 Å². The standard InChI is InChI=1S/C13H14ClN3OS/c1-17-8-7-15-13(17)19-9-6-12(18)16-11-5-3-2-4-10(11)14/h2-5,7-8H,6,9H2,1H3,(H,16,18). The number of rotatable bonds is 5. The molecule has 0 aliphatic heterocycles. The van der Waals surface area contributed by atoms with Gasteiger partial charge in [0.25, 0.3) is 0 Å². The van der Waals surface area contributed by atoms with Crippen LogP contribution in [-0.2, 0) is 11.8 Å². The number of aryl methyl sites for hydroxylation is 1. The van der Waals surface area contributed by atoms with Gasteiger partial charge in [0.2, 0.25) is 5.91 Å². The molecule has 4 nitrogen and oxygen atoms in total. The molecule has 100 valence electrons. The summed E-state index contributed by atoms with van der Waals surface area (Å²) in [6.45, 7) is 0. The molecule has 0 saturated carbocycles. The molecule has 2 rings (SSSR count). The number of nitrogens with one attached hydrogen (secondary N) is 1. The maximum atomic E-state index is 11.8. The maximum Gasteiger partial charge on any atom is 0.225 e. The van der Waals surface area contributed by atoms with Crippen LogP contribution in [0.4, 0.5) is 5.69 Å². The summed E-state index contributed by atoms with van der Waals surface area (Å²) in [7, 11) is 1.93. The zero-order valence-electron chi connectivity index (χ0n) is 10.5. The Hall–Kier alpha value is -1.46. The Labute approximate surface area is 121 Å². The Bertz CT molecular complexity index is 571. The first-order chi connectivity index (χ1) is 9.16. The minimum absolute atomic E-state index is 0.0465. The molecule has 0 aliphatic carbocycles. The number of benzene rings is 1. The third-order valence-electron chi connectivity index (χ3n) is 2.49. The Kier molecular flexibility index (Phi) is 4.87. The van der Waals surface area contributed by atoms with Crippen LogP contribution in [0.5, 0.6) is 0 Å². The van der Waals surface area contributed by atoms with Crippen LogP contribution in [0.1, 0.15) is 6.42 Å². The van der Waals surface area contributed by atoms with E-state index in [4.69, 9.17) is 11.6 Å². The van der Waals surface area contributed by atoms with Crippen LogP contribution in [0, 0.1) is 0 Å². The van der Waals surface area contributed by atoms with Gasteiger partial charge in [0.1, 0.15) is 0 Å². The summed E-state index contributed by atoms with van der Waals surface area (Å²) < 4.78 is 1.93. The lowest BCUT2D eigenvalue weighted by molar-refractivity contribution is -0.115. The lowest BCUT2D eigenvalue weighted by atomic mass is 10.3. The second-order valence-electron chi connectivity index (χ2n) is 3.95. The number of thioether (sulfide) groups is 1. The number of carbonyl (C=O) groups is 1. The van der Waals surface area contributed by atoms with E-state index >= 15 is 0 Å². The average molecular weight is 296 g/mol. The molecular formula is C13H14ClN3OS. The van der Waals surface area contributed by atoms with Gasteiger partial charge in [0.05, 0.1) is 10.7 Å². The number of nitrogens with zero attached hydrogens (tertiary/aromatic N) is 2. The number of halogens is 1. The van der Waals surface area contributed by atoms with Crippen molar-refractivity contribution in [2.24, 2.45) is 7.05 Å². The summed E-state index contributed by atoms with van der Waals surface area (Å²) in [6, 6.07) is 7.20. The van der Waals surface area contributed by atoms with Crippen molar-refractivity contribution in [3.05, 3.63) is 41.7 Å². The van der Waals surface area contributed by atoms with Gasteiger partial charge in [-0.2, -0.15) is 0 Å². The fourth-order valence-corrected chi connectivity index (χ4v) is 2.55. The number of hydrogen-bond acceptors (Lipinski definition) is 3. The first-order valence-electron chi connectivity index (χ1n) is 5.81. The van der Waals surface area contributed by atoms with Gasteiger partial charge in [-0.1, -0.05) is 35.5 Å². The topological polar surface area (TPSA) is 46.9 Å². The summed E-state index contributed by atoms with van der Waals surface area (Å²) >= 11 is 7.53. The molecule has 0 spiro atoms. The number of amides is 1. The van der Waals surface area contributed by atoms with E-state index in [0.717, 1.165) is 5.16 Å². The van der Waals surface area contributed by atoms with Crippen LogP contribution >= 0.6 is 23.4 Å². The number of aromatic nitrogens is 2. The Balaban J connectivity index is 1.79. The summed E-state index contributed by atoms with van der Waals surface area (Å²) in [5.41, 5.74) is 0.649. The molecule has 0 radical (unpaired) electrons. The van der Waals surface area contributed by atoms with E-state index < -0.39 is 0 Å². The third-order valence-corrected chi connectivity index (χ3v) is 3.87. The van der Waals surface area contributed by atoms with Crippen LogP contribution in [0.25, 0.3) is 0 Å². The van der Waals surface area contributed by atoms with Gasteiger partial charge in [-0.25, -0.2) is 4.98 Å². The smallest absolute Gasteiger partial charge is 0.225 e. The SMILES string of the molecule is Cn1ccnc1SCCC(=O)Nc1ccccc1Cl. The monoisotopic (exact) mass is 295 g/mol. The van der Waals surface area contributed by atoms with Gasteiger partial charge in [0.15, 0.2) is 5.16 Å². The van der Waals surface area contributed by atoms with E-state index in [1.54, 1.807) is 30.1 Å². The number of anilines is 1. The van der Waals surface area contributed by atoms with Crippen molar-refractivity contribution in [2.75, 3.05) is 11.1 Å². The highest BCUT2D eigenvalue weighted by Gasteiger charge is 2.06. The maximum absolute atomic E-state index is 11.8. The van der Waals surface area contributed by atoms with Crippen molar-refractivity contribution in [1.82, 2.24) is 9.55 Å². The lowest BCUT2D eigenvalue weighted by Crippen LogP contribution is -2.12. The number of imidazole rings is 1. The predicted molar refractivity (Wildman–Crippen MR) is 78.6 cm³/mol. The van der Waals surface area contributed by atoms with Gasteiger partial charge in [-0.15, -0.1) is 0 Å². The molecule has 0 saturated heterocycles. The van der Waals surface area contributed by atoms with E-state index in [-0.39, 0.29) is 5.91 Å². The molecular weight excluding hydrogens is 282 g/mol. The van der Waals surface area contributed by atoms with E-state index in [1.165, 1.54) is 0 Å². The highest BCUT2D eigenvalue weighted by atomic mass is 35.5. The Morgan fingerprint density at radius 3 is 2.95 bits per heavy atom. The molecule has 1 amide bonds. The lowest BCUT2D eigenvalue weighted by Gasteiger charge is -2.06. The van der Waals surface area contributed by atoms with E-state index in [1.807, 2.05) is 29.9 Å². The molecule has 1 N–H and O–H groups in total. The van der Waals surface area contributed by atoms with E-state index in [0.29, 0.717) is 22.9 Å². The van der Waals surface area contributed by atoms with Crippen molar-refractivity contribution in [3.63, 3.8) is 0 Å². The van der Waals surface area contributed by atoms with E-state index in [9.17, 15) is 4.79 Å². The first-order valence-corrected chi connectivity index (χ1v) is 7.17. The normalized spacial score (nSPS) is 10.4. The summed E-state index contributed by atoms with van der Waals surface area (Å²) in [5, 5.41) is 4.25. The zero-order valence-corrected chi connectivity index (χ0v) is 12.0. The second-order valence-corrected chi connectivity index (χ2v) is 5.42. The van der Waals surface area contributed by atoms with Gasteiger partial charge in [-0.3, -0.25) is 4.79 Å². The van der Waals surface area contributed by atoms with Crippen molar-refractivity contribution >= 4 is 35.0 Å². The molecule has 0 atom stereocenters. The molecule has 0 unspecified atom stereocenters. The molecule has 2 aromatic rings. The quantitative estimate of drug-likeness (QED) is 0.862. The third kappa shape index (κ3) is 4.01. The van der Waals surface area contributed by atoms with Gasteiger partial charge in [0, 0.05) is 31.6 Å². The fourth-order valence-electron chi connectivity index (χ4n) is 1.50. The summed E-state index contributed by atoms with van der Waals surface area (Å²) in [5.74, 6) is 0.635. The molecule has 1 aromatic carbocycles. The van der Waals surface area contributed by atoms with Crippen LogP contribution in [0.15, 0.2) is 41.8 Å². The minimum atomic E-state index is -0.0465. The summed E-state index contributed by atoms with van der Waals surface area (Å²) in [6.07, 6.45) is 4.04. The van der Waals surface area contributed by atoms with Gasteiger partial charge < -0.3 is 9.88 Å². The Morgan fingerprint density at radius 1 is 1.47 bits per heavy atom. The molecule has 0 aliphatic rings. The van der Waals surface area contributed by atoms with Crippen LogP contribution < -0.4 is 5.32 Å². The summed E-state index contributed by atoms with van der Waals surface area (Å²) in [4.78, 5) is 16.0. The minimum Gasteiger partial charge on any atom is -0.329 e. The van der Waals surface area contributed by atoms with Crippen molar-refractivity contribution < 1.29 is 4.79 Å². The zero-order chi connectivity index (χ0) is 13.7. The molecule has 0 fully saturated rings. The van der Waals surface area contributed by atoms with Crippen LogP contribution in [0.3, 0.4) is 0 Å². The first kappa shape index (κ1) is 14.0. The molecule has 6 heteroatoms. The van der Waals surface area contributed by atoms with Gasteiger partial charge in [-0.05, 0) is 12.1 Å². The van der Waals surface area contributed by atoms with Crippen LogP contribution in [-0.4, -0.2) is 21.2 Å². The number of para-hydroxylation sites is 1. The van der Waals surface area contributed by atoms with Crippen LogP contribution in [0.2, 0.25) is 5.02 Å². The highest BCUT2D eigenvalue weighted by Crippen LogP contribution is 2.21. The van der Waals surface area contributed by atoms with Crippen molar-refractivity contribution in [2.45, 2.75) is 11.6 Å². The molecule has 1 heterocycles. The van der Waals surface area contributed by atoms with E-state index in [2.05, 4.69) is 10.3 Å². The predicted octanol–water partition coefficient (Wildman–Crippen LogP) is 3.19. The number of carbonyl (C=O) groups excluding carboxylic acids is 1. The second kappa shape index (κ2) is 6.63. The fraction of sp³-hybridized carbons (Fsp3) is 0.231. The van der Waals surface area contributed by atoms with Crippen molar-refractivity contribution in [3.8, 4) is 0 Å².